The maximum atomic E-state index is 14.5. The van der Waals surface area contributed by atoms with Gasteiger partial charge in [-0.15, -0.1) is 23.2 Å². The Labute approximate surface area is 147 Å². The average molecular weight is 377 g/mol. The lowest BCUT2D eigenvalue weighted by Crippen LogP contribution is -2.37. The molecule has 0 spiro atoms. The summed E-state index contributed by atoms with van der Waals surface area (Å²) in [5.41, 5.74) is 1.50. The zero-order valence-corrected chi connectivity index (χ0v) is 14.4. The average Bonchev–Trinajstić information content (AvgIpc) is 3.06. The molecule has 4 rings (SSSR count). The summed E-state index contributed by atoms with van der Waals surface area (Å²) >= 11 is 12.8. The fourth-order valence-electron chi connectivity index (χ4n) is 4.91. The van der Waals surface area contributed by atoms with Gasteiger partial charge in [0.15, 0.2) is 23.3 Å². The van der Waals surface area contributed by atoms with E-state index in [1.54, 1.807) is 12.2 Å². The van der Waals surface area contributed by atoms with Crippen LogP contribution in [-0.2, 0) is 0 Å². The molecule has 3 aliphatic rings. The van der Waals surface area contributed by atoms with Gasteiger partial charge >= 0.3 is 0 Å². The lowest BCUT2D eigenvalue weighted by Gasteiger charge is -2.38. The fraction of sp³-hybridized carbons (Fsp3) is 0.444. The molecule has 3 aliphatic carbocycles. The van der Waals surface area contributed by atoms with Gasteiger partial charge in [0.2, 0.25) is 0 Å². The van der Waals surface area contributed by atoms with Gasteiger partial charge in [-0.05, 0) is 25.7 Å². The Morgan fingerprint density at radius 2 is 1.12 bits per heavy atom. The third kappa shape index (κ3) is 1.82. The standard InChI is InChI=1S/C18H14Cl2F4/c1-5(2)8-11-9-6(19)3-4-7(20)10(9)12(8)14-13(11)15(21)17(23)18(24)16(14)22/h3-4,6-7,9-12H,1-2H3/t6-,7+,9-,10-,11-,12-/m0/s1. The molecule has 0 amide bonds. The molecule has 6 heteroatoms. The number of allylic oxidation sites excluding steroid dienone is 4. The van der Waals surface area contributed by atoms with Crippen LogP contribution in [-0.4, -0.2) is 10.8 Å². The van der Waals surface area contributed by atoms with Gasteiger partial charge < -0.3 is 0 Å². The smallest absolute Gasteiger partial charge is 0.197 e. The van der Waals surface area contributed by atoms with Crippen LogP contribution in [0.1, 0.15) is 36.8 Å². The summed E-state index contributed by atoms with van der Waals surface area (Å²) in [6, 6.07) is 0. The molecule has 0 aliphatic heterocycles. The van der Waals surface area contributed by atoms with Crippen LogP contribution in [0.15, 0.2) is 23.3 Å². The van der Waals surface area contributed by atoms with Crippen LogP contribution in [0.25, 0.3) is 0 Å². The minimum atomic E-state index is -1.76. The molecule has 0 unspecified atom stereocenters. The quantitative estimate of drug-likeness (QED) is 0.177. The van der Waals surface area contributed by atoms with Crippen molar-refractivity contribution in [2.75, 3.05) is 0 Å². The molecule has 24 heavy (non-hydrogen) atoms. The lowest BCUT2D eigenvalue weighted by molar-refractivity contribution is 0.303. The minimum Gasteiger partial charge on any atom is -0.203 e. The number of hydrogen-bond donors (Lipinski definition) is 0. The maximum Gasteiger partial charge on any atom is 0.197 e. The Hall–Kier alpha value is -1.00. The second-order valence-electron chi connectivity index (χ2n) is 6.92. The molecular weight excluding hydrogens is 363 g/mol. The van der Waals surface area contributed by atoms with Crippen LogP contribution in [0.5, 0.6) is 0 Å². The van der Waals surface area contributed by atoms with Gasteiger partial charge in [0.05, 0.1) is 10.8 Å². The third-order valence-electron chi connectivity index (χ3n) is 5.64. The number of alkyl halides is 2. The van der Waals surface area contributed by atoms with E-state index in [2.05, 4.69) is 0 Å². The summed E-state index contributed by atoms with van der Waals surface area (Å²) in [6.07, 6.45) is 3.50. The van der Waals surface area contributed by atoms with Crippen molar-refractivity contribution in [3.63, 3.8) is 0 Å². The molecule has 0 nitrogen and oxygen atoms in total. The van der Waals surface area contributed by atoms with Crippen molar-refractivity contribution in [3.8, 4) is 0 Å². The SMILES string of the molecule is CC(C)=C1[C@@H]2c3c(F)c(F)c(F)c(F)c3[C@@H]1[C@@H]1[C@@H]2[C@H](Cl)C=C[C@@H]1Cl. The van der Waals surface area contributed by atoms with Crippen LogP contribution in [0, 0.1) is 35.1 Å². The molecule has 0 aromatic heterocycles. The summed E-state index contributed by atoms with van der Waals surface area (Å²) in [5.74, 6) is -7.81. The van der Waals surface area contributed by atoms with E-state index in [1.165, 1.54) is 0 Å². The molecule has 1 fully saturated rings. The van der Waals surface area contributed by atoms with Crippen molar-refractivity contribution >= 4 is 23.2 Å². The lowest BCUT2D eigenvalue weighted by atomic mass is 9.70. The van der Waals surface area contributed by atoms with Gasteiger partial charge in [0, 0.05) is 23.0 Å². The summed E-state index contributed by atoms with van der Waals surface area (Å²) in [6.45, 7) is 3.67. The van der Waals surface area contributed by atoms with Crippen LogP contribution in [0.2, 0.25) is 0 Å². The van der Waals surface area contributed by atoms with Crippen LogP contribution >= 0.6 is 23.2 Å². The monoisotopic (exact) mass is 376 g/mol. The van der Waals surface area contributed by atoms with Gasteiger partial charge in [-0.3, -0.25) is 0 Å². The van der Waals surface area contributed by atoms with Crippen LogP contribution in [0.3, 0.4) is 0 Å². The molecule has 0 N–H and O–H groups in total. The first-order valence-electron chi connectivity index (χ1n) is 7.76. The van der Waals surface area contributed by atoms with E-state index >= 15 is 0 Å². The molecule has 128 valence electrons. The summed E-state index contributed by atoms with van der Waals surface area (Å²) < 4.78 is 56.7. The zero-order chi connectivity index (χ0) is 17.5. The minimum absolute atomic E-state index is 0.0846. The van der Waals surface area contributed by atoms with Crippen LogP contribution < -0.4 is 0 Å². The van der Waals surface area contributed by atoms with Crippen molar-refractivity contribution < 1.29 is 17.6 Å². The molecule has 2 bridgehead atoms. The molecular formula is C18H14Cl2F4. The topological polar surface area (TPSA) is 0 Å². The Bertz CT molecular complexity index is 751. The third-order valence-corrected chi connectivity index (χ3v) is 6.51. The summed E-state index contributed by atoms with van der Waals surface area (Å²) in [7, 11) is 0. The number of fused-ring (bicyclic) bond motifs is 8. The second-order valence-corrected chi connectivity index (χ2v) is 7.93. The normalized spacial score (nSPS) is 36.1. The van der Waals surface area contributed by atoms with Crippen molar-refractivity contribution in [2.24, 2.45) is 11.8 Å². The predicted molar refractivity (Wildman–Crippen MR) is 85.5 cm³/mol. The number of rotatable bonds is 0. The van der Waals surface area contributed by atoms with Crippen molar-refractivity contribution in [2.45, 2.75) is 36.4 Å². The first-order valence-corrected chi connectivity index (χ1v) is 8.64. The van der Waals surface area contributed by atoms with Gasteiger partial charge in [-0.1, -0.05) is 23.3 Å². The van der Waals surface area contributed by atoms with E-state index in [4.69, 9.17) is 23.2 Å². The van der Waals surface area contributed by atoms with Crippen molar-refractivity contribution in [1.82, 2.24) is 0 Å². The molecule has 0 radical (unpaired) electrons. The highest BCUT2D eigenvalue weighted by Gasteiger charge is 2.61. The summed E-state index contributed by atoms with van der Waals surface area (Å²) in [5, 5.41) is -0.837. The number of halogens is 6. The van der Waals surface area contributed by atoms with Gasteiger partial charge in [-0.25, -0.2) is 17.6 Å². The van der Waals surface area contributed by atoms with E-state index in [0.29, 0.717) is 0 Å². The van der Waals surface area contributed by atoms with E-state index in [0.717, 1.165) is 11.1 Å². The number of benzene rings is 1. The van der Waals surface area contributed by atoms with Gasteiger partial charge in [0.25, 0.3) is 0 Å². The first-order chi connectivity index (χ1) is 11.3. The molecule has 1 aromatic rings. The Balaban J connectivity index is 2.07. The molecule has 0 heterocycles. The van der Waals surface area contributed by atoms with Crippen LogP contribution in [0.4, 0.5) is 17.6 Å². The number of hydrogen-bond acceptors (Lipinski definition) is 0. The second kappa shape index (κ2) is 5.25. The van der Waals surface area contributed by atoms with E-state index < -0.39 is 45.9 Å². The highest BCUT2D eigenvalue weighted by atomic mass is 35.5. The molecule has 1 aromatic carbocycles. The predicted octanol–water partition coefficient (Wildman–Crippen LogP) is 5.79. The summed E-state index contributed by atoms with van der Waals surface area (Å²) in [4.78, 5) is 0. The zero-order valence-electron chi connectivity index (χ0n) is 12.9. The highest BCUT2D eigenvalue weighted by Crippen LogP contribution is 2.68. The molecule has 0 saturated heterocycles. The van der Waals surface area contributed by atoms with Crippen molar-refractivity contribution in [1.29, 1.82) is 0 Å². The first kappa shape index (κ1) is 16.5. The van der Waals surface area contributed by atoms with E-state index in [-0.39, 0.29) is 23.0 Å². The van der Waals surface area contributed by atoms with Gasteiger partial charge in [-0.2, -0.15) is 0 Å². The molecule has 1 saturated carbocycles. The molecule has 6 atom stereocenters. The van der Waals surface area contributed by atoms with Crippen molar-refractivity contribution in [3.05, 3.63) is 57.7 Å². The fourth-order valence-corrected chi connectivity index (χ4v) is 5.70. The Morgan fingerprint density at radius 3 is 1.46 bits per heavy atom. The Kier molecular flexibility index (Phi) is 3.60. The van der Waals surface area contributed by atoms with Gasteiger partial charge in [0.1, 0.15) is 0 Å². The van der Waals surface area contributed by atoms with E-state index in [1.807, 2.05) is 13.8 Å². The maximum absolute atomic E-state index is 14.5. The Morgan fingerprint density at radius 1 is 0.750 bits per heavy atom. The highest BCUT2D eigenvalue weighted by molar-refractivity contribution is 6.24. The largest absolute Gasteiger partial charge is 0.203 e. The van der Waals surface area contributed by atoms with E-state index in [9.17, 15) is 17.6 Å².